The second kappa shape index (κ2) is 4.84. The Bertz CT molecular complexity index is 595. The molecule has 0 amide bonds. The molecule has 0 saturated heterocycles. The Morgan fingerprint density at radius 1 is 1.21 bits per heavy atom. The summed E-state index contributed by atoms with van der Waals surface area (Å²) in [6.07, 6.45) is 1.15. The predicted molar refractivity (Wildman–Crippen MR) is 78.8 cm³/mol. The van der Waals surface area contributed by atoms with Gasteiger partial charge in [-0.25, -0.2) is 0 Å². The molecular weight excluding hydrogens is 236 g/mol. The average molecular weight is 254 g/mol. The smallest absolute Gasteiger partial charge is 0.143 e. The average Bonchev–Trinajstić information content (AvgIpc) is 2.41. The number of hydrogen-bond donors (Lipinski definition) is 2. The van der Waals surface area contributed by atoms with E-state index in [0.717, 1.165) is 24.4 Å². The maximum absolute atomic E-state index is 6.05. The summed E-state index contributed by atoms with van der Waals surface area (Å²) in [5.74, 6) is 1.31. The Hall–Kier alpha value is -2.16. The van der Waals surface area contributed by atoms with Crippen LogP contribution in [0.25, 0.3) is 0 Å². The molecule has 2 aromatic rings. The van der Waals surface area contributed by atoms with Gasteiger partial charge in [0.1, 0.15) is 5.75 Å². The maximum atomic E-state index is 6.05. The molecule has 1 unspecified atom stereocenters. The van der Waals surface area contributed by atoms with Crippen LogP contribution in [0.15, 0.2) is 42.5 Å². The first kappa shape index (κ1) is 11.9. The zero-order valence-electron chi connectivity index (χ0n) is 11.0. The van der Waals surface area contributed by atoms with Gasteiger partial charge in [-0.2, -0.15) is 0 Å². The van der Waals surface area contributed by atoms with Gasteiger partial charge in [-0.15, -0.1) is 0 Å². The summed E-state index contributed by atoms with van der Waals surface area (Å²) in [6, 6.07) is 14.4. The second-order valence-electron chi connectivity index (χ2n) is 4.90. The summed E-state index contributed by atoms with van der Waals surface area (Å²) >= 11 is 0. The number of fused-ring (bicyclic) bond motifs is 1. The van der Waals surface area contributed by atoms with Crippen LogP contribution in [0.4, 0.5) is 11.4 Å². The maximum Gasteiger partial charge on any atom is 0.143 e. The van der Waals surface area contributed by atoms with Gasteiger partial charge in [-0.05, 0) is 29.7 Å². The fraction of sp³-hybridized carbons (Fsp3) is 0.250. The van der Waals surface area contributed by atoms with Crippen LogP contribution in [-0.4, -0.2) is 13.7 Å². The van der Waals surface area contributed by atoms with Crippen molar-refractivity contribution in [2.45, 2.75) is 12.3 Å². The number of anilines is 2. The Morgan fingerprint density at radius 2 is 2.05 bits per heavy atom. The van der Waals surface area contributed by atoms with E-state index in [-0.39, 0.29) is 0 Å². The quantitative estimate of drug-likeness (QED) is 0.824. The van der Waals surface area contributed by atoms with Gasteiger partial charge in [-0.1, -0.05) is 30.3 Å². The molecule has 98 valence electrons. The molecule has 2 aromatic carbocycles. The minimum absolute atomic E-state index is 0.585. The first-order chi connectivity index (χ1) is 9.29. The lowest BCUT2D eigenvalue weighted by Crippen LogP contribution is -2.24. The zero-order chi connectivity index (χ0) is 13.2. The molecule has 0 radical (unpaired) electrons. The van der Waals surface area contributed by atoms with Crippen LogP contribution in [0.1, 0.15) is 17.0 Å². The van der Waals surface area contributed by atoms with Crippen molar-refractivity contribution in [1.82, 2.24) is 0 Å². The molecule has 0 saturated carbocycles. The van der Waals surface area contributed by atoms with Crippen LogP contribution in [0.3, 0.4) is 0 Å². The first-order valence-corrected chi connectivity index (χ1v) is 6.53. The molecule has 0 aromatic heterocycles. The lowest BCUT2D eigenvalue weighted by Gasteiger charge is -2.30. The summed E-state index contributed by atoms with van der Waals surface area (Å²) in [6.45, 7) is 0.911. The van der Waals surface area contributed by atoms with E-state index in [1.807, 2.05) is 18.2 Å². The second-order valence-corrected chi connectivity index (χ2v) is 4.90. The summed E-state index contributed by atoms with van der Waals surface area (Å²) < 4.78 is 5.22. The lowest BCUT2D eigenvalue weighted by atomic mass is 9.77. The van der Waals surface area contributed by atoms with Crippen LogP contribution < -0.4 is 15.8 Å². The van der Waals surface area contributed by atoms with Gasteiger partial charge in [0.15, 0.2) is 0 Å². The molecule has 1 aliphatic rings. The van der Waals surface area contributed by atoms with Crippen molar-refractivity contribution in [3.8, 4) is 5.75 Å². The monoisotopic (exact) mass is 254 g/mol. The van der Waals surface area contributed by atoms with Crippen LogP contribution in [0.2, 0.25) is 0 Å². The van der Waals surface area contributed by atoms with E-state index in [0.29, 0.717) is 11.6 Å². The molecule has 3 heteroatoms. The van der Waals surface area contributed by atoms with E-state index in [4.69, 9.17) is 10.5 Å². The largest absolute Gasteiger partial charge is 0.495 e. The summed E-state index contributed by atoms with van der Waals surface area (Å²) in [4.78, 5) is 0. The van der Waals surface area contributed by atoms with Crippen LogP contribution >= 0.6 is 0 Å². The number of nitrogen functional groups attached to an aromatic ring is 1. The van der Waals surface area contributed by atoms with E-state index >= 15 is 0 Å². The van der Waals surface area contributed by atoms with Crippen LogP contribution in [0, 0.1) is 0 Å². The lowest BCUT2D eigenvalue weighted by molar-refractivity contribution is 0.417. The molecule has 0 bridgehead atoms. The summed E-state index contributed by atoms with van der Waals surface area (Å²) in [5, 5.41) is 3.43. The van der Waals surface area contributed by atoms with Crippen molar-refractivity contribution in [3.63, 3.8) is 0 Å². The highest BCUT2D eigenvalue weighted by atomic mass is 16.5. The fourth-order valence-electron chi connectivity index (χ4n) is 2.65. The minimum atomic E-state index is 0.585. The number of hydrogen-bond acceptors (Lipinski definition) is 3. The van der Waals surface area contributed by atoms with Crippen molar-refractivity contribution >= 4 is 11.4 Å². The van der Waals surface area contributed by atoms with Gasteiger partial charge in [-0.3, -0.25) is 0 Å². The highest BCUT2D eigenvalue weighted by molar-refractivity contribution is 5.73. The van der Waals surface area contributed by atoms with Gasteiger partial charge >= 0.3 is 0 Å². The van der Waals surface area contributed by atoms with Gasteiger partial charge in [0.2, 0.25) is 0 Å². The highest BCUT2D eigenvalue weighted by Crippen LogP contribution is 2.36. The molecule has 3 N–H and O–H groups in total. The van der Waals surface area contributed by atoms with Gasteiger partial charge in [0.05, 0.1) is 18.5 Å². The molecule has 3 rings (SSSR count). The van der Waals surface area contributed by atoms with Gasteiger partial charge in [0, 0.05) is 12.5 Å². The number of nitrogens with two attached hydrogens (primary N) is 1. The van der Waals surface area contributed by atoms with Gasteiger partial charge in [0.25, 0.3) is 0 Å². The molecule has 0 heterocycles. The molecule has 3 nitrogen and oxygen atoms in total. The van der Waals surface area contributed by atoms with E-state index in [2.05, 4.69) is 29.6 Å². The van der Waals surface area contributed by atoms with E-state index in [1.165, 1.54) is 11.1 Å². The number of nitrogens with one attached hydrogen (secondary N) is 1. The topological polar surface area (TPSA) is 47.3 Å². The number of para-hydroxylation sites is 1. The third kappa shape index (κ3) is 2.12. The van der Waals surface area contributed by atoms with Crippen LogP contribution in [-0.2, 0) is 6.42 Å². The number of rotatable bonds is 4. The molecular formula is C16H18N2O. The number of methoxy groups -OCH3 is 1. The summed E-state index contributed by atoms with van der Waals surface area (Å²) in [5.41, 5.74) is 10.6. The van der Waals surface area contributed by atoms with Crippen LogP contribution in [0.5, 0.6) is 5.75 Å². The Morgan fingerprint density at radius 3 is 2.84 bits per heavy atom. The third-order valence-electron chi connectivity index (χ3n) is 3.79. The van der Waals surface area contributed by atoms with E-state index in [1.54, 1.807) is 7.11 Å². The molecule has 0 fully saturated rings. The third-order valence-corrected chi connectivity index (χ3v) is 3.79. The minimum Gasteiger partial charge on any atom is -0.495 e. The summed E-state index contributed by atoms with van der Waals surface area (Å²) in [7, 11) is 1.64. The SMILES string of the molecule is COc1cccc(NCC2Cc3ccccc32)c1N. The normalized spacial score (nSPS) is 16.4. The van der Waals surface area contributed by atoms with Crippen molar-refractivity contribution in [1.29, 1.82) is 0 Å². The van der Waals surface area contributed by atoms with Gasteiger partial charge < -0.3 is 15.8 Å². The van der Waals surface area contributed by atoms with Crippen molar-refractivity contribution < 1.29 is 4.74 Å². The Kier molecular flexibility index (Phi) is 3.03. The number of ether oxygens (including phenoxy) is 1. The van der Waals surface area contributed by atoms with Crippen molar-refractivity contribution in [3.05, 3.63) is 53.6 Å². The Balaban J connectivity index is 1.68. The van der Waals surface area contributed by atoms with Crippen molar-refractivity contribution in [2.75, 3.05) is 24.7 Å². The highest BCUT2D eigenvalue weighted by Gasteiger charge is 2.25. The zero-order valence-corrected chi connectivity index (χ0v) is 11.0. The number of benzene rings is 2. The Labute approximate surface area is 113 Å². The van der Waals surface area contributed by atoms with Crippen molar-refractivity contribution in [2.24, 2.45) is 0 Å². The molecule has 1 aliphatic carbocycles. The standard InChI is InChI=1S/C16H18N2O/c1-19-15-8-4-7-14(16(15)17)18-10-12-9-11-5-2-3-6-13(11)12/h2-8,12,18H,9-10,17H2,1H3. The first-order valence-electron chi connectivity index (χ1n) is 6.53. The molecule has 19 heavy (non-hydrogen) atoms. The van der Waals surface area contributed by atoms with E-state index < -0.39 is 0 Å². The van der Waals surface area contributed by atoms with E-state index in [9.17, 15) is 0 Å². The molecule has 0 spiro atoms. The molecule has 0 aliphatic heterocycles. The molecule has 1 atom stereocenters. The fourth-order valence-corrected chi connectivity index (χ4v) is 2.65. The predicted octanol–water partition coefficient (Wildman–Crippen LogP) is 3.03.